The van der Waals surface area contributed by atoms with Gasteiger partial charge in [-0.05, 0) is 13.8 Å². The molecule has 0 aliphatic carbocycles. The van der Waals surface area contributed by atoms with E-state index in [-0.39, 0.29) is 25.7 Å². The van der Waals surface area contributed by atoms with E-state index in [1.807, 2.05) is 0 Å². The van der Waals surface area contributed by atoms with E-state index >= 15 is 0 Å². The third kappa shape index (κ3) is 7.74. The molecule has 0 saturated carbocycles. The molecule has 0 heterocycles. The van der Waals surface area contributed by atoms with Crippen molar-refractivity contribution < 1.29 is 19.1 Å². The third-order valence-electron chi connectivity index (χ3n) is 1.48. The molecule has 0 aliphatic rings. The maximum atomic E-state index is 11.3. The lowest BCUT2D eigenvalue weighted by Gasteiger charge is -2.18. The van der Waals surface area contributed by atoms with Crippen LogP contribution in [0.4, 0.5) is 0 Å². The van der Waals surface area contributed by atoms with Gasteiger partial charge in [-0.25, -0.2) is 0 Å². The zero-order valence-electron chi connectivity index (χ0n) is 9.43. The van der Waals surface area contributed by atoms with Crippen molar-refractivity contribution in [2.75, 3.05) is 19.6 Å². The van der Waals surface area contributed by atoms with E-state index in [2.05, 4.69) is 0 Å². The predicted molar refractivity (Wildman–Crippen MR) is 56.1 cm³/mol. The Morgan fingerprint density at radius 1 is 1.06 bits per heavy atom. The molecule has 0 spiro atoms. The summed E-state index contributed by atoms with van der Waals surface area (Å²) < 4.78 is 4.86. The van der Waals surface area contributed by atoms with Crippen LogP contribution >= 0.6 is 0 Å². The summed E-state index contributed by atoms with van der Waals surface area (Å²) in [4.78, 5) is 33.8. The Hall–Kier alpha value is -1.63. The fraction of sp³-hybridized carbons (Fsp3) is 0.667. The first kappa shape index (κ1) is 14.4. The predicted octanol–water partition coefficient (Wildman–Crippen LogP) is -1.79. The van der Waals surface area contributed by atoms with E-state index in [1.165, 1.54) is 4.90 Å². The van der Waals surface area contributed by atoms with Gasteiger partial charge in [0.05, 0.1) is 25.7 Å². The van der Waals surface area contributed by atoms with E-state index in [9.17, 15) is 14.4 Å². The number of nitrogens with two attached hydrogens (primary N) is 2. The monoisotopic (exact) mass is 231 g/mol. The van der Waals surface area contributed by atoms with Crippen molar-refractivity contribution >= 4 is 17.8 Å². The summed E-state index contributed by atoms with van der Waals surface area (Å²) in [6.07, 6.45) is -0.253. The molecule has 7 heteroatoms. The summed E-state index contributed by atoms with van der Waals surface area (Å²) in [5, 5.41) is 0. The Balaban J connectivity index is 4.24. The molecule has 16 heavy (non-hydrogen) atoms. The fourth-order valence-corrected chi connectivity index (χ4v) is 1.09. The average Bonchev–Trinajstić information content (AvgIpc) is 1.97. The van der Waals surface area contributed by atoms with Crippen LogP contribution in [0.25, 0.3) is 0 Å². The highest BCUT2D eigenvalue weighted by Gasteiger charge is 2.16. The van der Waals surface area contributed by atoms with Crippen LogP contribution in [0, 0.1) is 0 Å². The van der Waals surface area contributed by atoms with Gasteiger partial charge in [0.1, 0.15) is 0 Å². The Morgan fingerprint density at radius 2 is 1.50 bits per heavy atom. The van der Waals surface area contributed by atoms with Crippen molar-refractivity contribution in [3.05, 3.63) is 0 Å². The molecule has 0 aliphatic heterocycles. The SMILES string of the molecule is CC(C)OC(=O)CN(CC(N)=O)CC(N)=O. The average molecular weight is 231 g/mol. The molecule has 2 amide bonds. The Bertz CT molecular complexity index is 262. The summed E-state index contributed by atoms with van der Waals surface area (Å²) in [6, 6.07) is 0. The number of hydrogen-bond acceptors (Lipinski definition) is 5. The molecule has 0 aromatic heterocycles. The largest absolute Gasteiger partial charge is 0.462 e. The summed E-state index contributed by atoms with van der Waals surface area (Å²) in [7, 11) is 0. The minimum absolute atomic E-state index is 0.190. The number of nitrogens with zero attached hydrogens (tertiary/aromatic N) is 1. The lowest BCUT2D eigenvalue weighted by molar-refractivity contribution is -0.148. The van der Waals surface area contributed by atoms with Gasteiger partial charge in [-0.1, -0.05) is 0 Å². The molecule has 0 radical (unpaired) electrons. The number of rotatable bonds is 7. The van der Waals surface area contributed by atoms with E-state index in [1.54, 1.807) is 13.8 Å². The minimum Gasteiger partial charge on any atom is -0.462 e. The number of hydrogen-bond donors (Lipinski definition) is 2. The fourth-order valence-electron chi connectivity index (χ4n) is 1.09. The van der Waals surface area contributed by atoms with Gasteiger partial charge in [-0.3, -0.25) is 19.3 Å². The van der Waals surface area contributed by atoms with Crippen LogP contribution < -0.4 is 11.5 Å². The molecule has 7 nitrogen and oxygen atoms in total. The van der Waals surface area contributed by atoms with Gasteiger partial charge in [-0.15, -0.1) is 0 Å². The maximum absolute atomic E-state index is 11.3. The van der Waals surface area contributed by atoms with Crippen LogP contribution in [0.15, 0.2) is 0 Å². The quantitative estimate of drug-likeness (QED) is 0.502. The van der Waals surface area contributed by atoms with Gasteiger partial charge in [0.15, 0.2) is 0 Å². The molecule has 0 rings (SSSR count). The molecular weight excluding hydrogens is 214 g/mol. The second-order valence-corrected chi connectivity index (χ2v) is 3.62. The van der Waals surface area contributed by atoms with Crippen LogP contribution in [0.1, 0.15) is 13.8 Å². The Morgan fingerprint density at radius 3 is 1.81 bits per heavy atom. The molecule has 0 aromatic carbocycles. The summed E-state index contributed by atoms with van der Waals surface area (Å²) in [5.74, 6) is -1.81. The second-order valence-electron chi connectivity index (χ2n) is 3.62. The first-order valence-corrected chi connectivity index (χ1v) is 4.79. The van der Waals surface area contributed by atoms with Crippen molar-refractivity contribution in [1.29, 1.82) is 0 Å². The molecule has 0 unspecified atom stereocenters. The molecule has 0 atom stereocenters. The van der Waals surface area contributed by atoms with Gasteiger partial charge < -0.3 is 16.2 Å². The highest BCUT2D eigenvalue weighted by atomic mass is 16.5. The van der Waals surface area contributed by atoms with E-state index in [0.717, 1.165) is 0 Å². The number of carbonyl (C=O) groups is 3. The molecule has 4 N–H and O–H groups in total. The molecule has 0 saturated heterocycles. The number of amides is 2. The number of carbonyl (C=O) groups excluding carboxylic acids is 3. The number of ether oxygens (including phenoxy) is 1. The topological polar surface area (TPSA) is 116 Å². The van der Waals surface area contributed by atoms with Crippen LogP contribution in [-0.2, 0) is 19.1 Å². The highest BCUT2D eigenvalue weighted by molar-refractivity contribution is 5.81. The lowest BCUT2D eigenvalue weighted by atomic mass is 10.4. The van der Waals surface area contributed by atoms with E-state index in [4.69, 9.17) is 16.2 Å². The second kappa shape index (κ2) is 6.78. The standard InChI is InChI=1S/C9H17N3O4/c1-6(2)16-9(15)5-12(3-7(10)13)4-8(11)14/h6H,3-5H2,1-2H3,(H2,10,13)(H2,11,14). The third-order valence-corrected chi connectivity index (χ3v) is 1.48. The lowest BCUT2D eigenvalue weighted by Crippen LogP contribution is -2.42. The Labute approximate surface area is 93.7 Å². The summed E-state index contributed by atoms with van der Waals surface area (Å²) in [6.45, 7) is 2.78. The van der Waals surface area contributed by atoms with Crippen LogP contribution in [-0.4, -0.2) is 48.4 Å². The van der Waals surface area contributed by atoms with Crippen molar-refractivity contribution in [3.8, 4) is 0 Å². The van der Waals surface area contributed by atoms with Crippen LogP contribution in [0.2, 0.25) is 0 Å². The Kier molecular flexibility index (Phi) is 6.09. The normalized spacial score (nSPS) is 10.5. The summed E-state index contributed by atoms with van der Waals surface area (Å²) >= 11 is 0. The number of esters is 1. The van der Waals surface area contributed by atoms with Crippen LogP contribution in [0.3, 0.4) is 0 Å². The molecular formula is C9H17N3O4. The summed E-state index contributed by atoms with van der Waals surface area (Å²) in [5.41, 5.74) is 9.92. The van der Waals surface area contributed by atoms with Gasteiger partial charge in [0.2, 0.25) is 11.8 Å². The van der Waals surface area contributed by atoms with Gasteiger partial charge in [0.25, 0.3) is 0 Å². The first-order chi connectivity index (χ1) is 7.31. The maximum Gasteiger partial charge on any atom is 0.320 e. The van der Waals surface area contributed by atoms with E-state index < -0.39 is 17.8 Å². The first-order valence-electron chi connectivity index (χ1n) is 4.79. The van der Waals surface area contributed by atoms with Crippen molar-refractivity contribution in [1.82, 2.24) is 4.90 Å². The highest BCUT2D eigenvalue weighted by Crippen LogP contribution is 1.93. The van der Waals surface area contributed by atoms with Crippen molar-refractivity contribution in [2.24, 2.45) is 11.5 Å². The zero-order valence-corrected chi connectivity index (χ0v) is 9.43. The van der Waals surface area contributed by atoms with Crippen molar-refractivity contribution in [3.63, 3.8) is 0 Å². The molecule has 0 bridgehead atoms. The molecule has 92 valence electrons. The van der Waals surface area contributed by atoms with Crippen LogP contribution in [0.5, 0.6) is 0 Å². The van der Waals surface area contributed by atoms with Gasteiger partial charge in [0, 0.05) is 0 Å². The van der Waals surface area contributed by atoms with Gasteiger partial charge in [-0.2, -0.15) is 0 Å². The van der Waals surface area contributed by atoms with Gasteiger partial charge >= 0.3 is 5.97 Å². The smallest absolute Gasteiger partial charge is 0.320 e. The molecule has 0 aromatic rings. The minimum atomic E-state index is -0.640. The number of primary amides is 2. The van der Waals surface area contributed by atoms with Crippen molar-refractivity contribution in [2.45, 2.75) is 20.0 Å². The van der Waals surface area contributed by atoms with E-state index in [0.29, 0.717) is 0 Å². The zero-order chi connectivity index (χ0) is 12.7. The molecule has 0 fully saturated rings.